The highest BCUT2D eigenvalue weighted by Crippen LogP contribution is 2.23. The van der Waals surface area contributed by atoms with Crippen molar-refractivity contribution in [1.29, 1.82) is 0 Å². The second-order valence-electron chi connectivity index (χ2n) is 6.23. The van der Waals surface area contributed by atoms with Crippen molar-refractivity contribution in [1.82, 2.24) is 14.7 Å². The lowest BCUT2D eigenvalue weighted by atomic mass is 10.1. The van der Waals surface area contributed by atoms with E-state index in [1.165, 1.54) is 4.90 Å². The molecular weight excluding hydrogens is 354 g/mol. The normalized spacial score (nSPS) is 10.7. The monoisotopic (exact) mass is 377 g/mol. The molecule has 0 saturated carbocycles. The molecule has 2 aromatic rings. The molecule has 0 radical (unpaired) electrons. The van der Waals surface area contributed by atoms with E-state index in [0.717, 1.165) is 28.2 Å². The van der Waals surface area contributed by atoms with E-state index in [2.05, 4.69) is 5.10 Å². The van der Waals surface area contributed by atoms with Gasteiger partial charge in [0.1, 0.15) is 6.54 Å². The number of benzene rings is 1. The molecule has 0 fully saturated rings. The van der Waals surface area contributed by atoms with Gasteiger partial charge in [-0.25, -0.2) is 4.68 Å². The van der Waals surface area contributed by atoms with Crippen molar-refractivity contribution < 1.29 is 14.3 Å². The Morgan fingerprint density at radius 1 is 1.27 bits per heavy atom. The van der Waals surface area contributed by atoms with Crippen LogP contribution in [0.4, 0.5) is 0 Å². The minimum Gasteiger partial charge on any atom is -0.465 e. The maximum atomic E-state index is 12.5. The Labute approximate surface area is 158 Å². The van der Waals surface area contributed by atoms with Gasteiger partial charge in [-0.3, -0.25) is 9.59 Å². The van der Waals surface area contributed by atoms with Crippen molar-refractivity contribution in [2.75, 3.05) is 20.2 Å². The lowest BCUT2D eigenvalue weighted by Crippen LogP contribution is -2.34. The number of rotatable bonds is 6. The first-order valence-electron chi connectivity index (χ1n) is 8.45. The fourth-order valence-corrected chi connectivity index (χ4v) is 2.85. The number of hydrogen-bond donors (Lipinski definition) is 0. The average Bonchev–Trinajstić information content (AvgIpc) is 2.85. The Kier molecular flexibility index (Phi) is 6.42. The number of halogens is 1. The largest absolute Gasteiger partial charge is 0.465 e. The zero-order chi connectivity index (χ0) is 19.4. The third-order valence-corrected chi connectivity index (χ3v) is 4.67. The summed E-state index contributed by atoms with van der Waals surface area (Å²) in [6.07, 6.45) is 0.174. The predicted molar refractivity (Wildman–Crippen MR) is 101 cm³/mol. The number of esters is 1. The van der Waals surface area contributed by atoms with Crippen molar-refractivity contribution in [3.8, 4) is 5.69 Å². The number of hydrogen-bond acceptors (Lipinski definition) is 4. The number of carbonyl (C=O) groups excluding carboxylic acids is 2. The molecule has 0 bridgehead atoms. The summed E-state index contributed by atoms with van der Waals surface area (Å²) in [7, 11) is 1.59. The van der Waals surface area contributed by atoms with Gasteiger partial charge in [0.15, 0.2) is 0 Å². The van der Waals surface area contributed by atoms with Crippen LogP contribution in [0.15, 0.2) is 18.2 Å². The molecule has 0 spiro atoms. The van der Waals surface area contributed by atoms with Crippen molar-refractivity contribution in [3.63, 3.8) is 0 Å². The molecule has 0 unspecified atom stereocenters. The molecule has 1 aromatic heterocycles. The topological polar surface area (TPSA) is 64.4 Å². The molecule has 6 nitrogen and oxygen atoms in total. The molecule has 7 heteroatoms. The highest BCUT2D eigenvalue weighted by Gasteiger charge is 2.20. The Hall–Kier alpha value is -2.34. The molecule has 1 amide bonds. The van der Waals surface area contributed by atoms with Gasteiger partial charge in [-0.2, -0.15) is 5.10 Å². The van der Waals surface area contributed by atoms with Gasteiger partial charge in [0.05, 0.1) is 24.4 Å². The Morgan fingerprint density at radius 3 is 2.58 bits per heavy atom. The summed E-state index contributed by atoms with van der Waals surface area (Å²) in [4.78, 5) is 25.4. The standard InChI is InChI=1S/C19H24ClN3O3/c1-6-26-19(25)11-22(5)18(24)10-16-13(3)21-23(14(16)4)15-8-7-12(2)17(20)9-15/h7-9H,6,10-11H2,1-5H3. The second-order valence-corrected chi connectivity index (χ2v) is 6.63. The molecule has 1 heterocycles. The van der Waals surface area contributed by atoms with Crippen LogP contribution >= 0.6 is 11.6 Å². The van der Waals surface area contributed by atoms with Crippen LogP contribution in [-0.4, -0.2) is 46.8 Å². The van der Waals surface area contributed by atoms with Crippen LogP contribution in [0, 0.1) is 20.8 Å². The van der Waals surface area contributed by atoms with Crippen LogP contribution in [0.2, 0.25) is 5.02 Å². The number of aromatic nitrogens is 2. The van der Waals surface area contributed by atoms with Gasteiger partial charge in [0, 0.05) is 23.3 Å². The summed E-state index contributed by atoms with van der Waals surface area (Å²) in [5.74, 6) is -0.576. The van der Waals surface area contributed by atoms with E-state index in [9.17, 15) is 9.59 Å². The van der Waals surface area contributed by atoms with E-state index in [-0.39, 0.29) is 18.9 Å². The molecule has 26 heavy (non-hydrogen) atoms. The first-order valence-corrected chi connectivity index (χ1v) is 8.83. The predicted octanol–water partition coefficient (Wildman–Crippen LogP) is 3.01. The van der Waals surface area contributed by atoms with E-state index in [4.69, 9.17) is 16.3 Å². The molecule has 0 saturated heterocycles. The van der Waals surface area contributed by atoms with E-state index >= 15 is 0 Å². The lowest BCUT2D eigenvalue weighted by molar-refractivity contribution is -0.147. The zero-order valence-corrected chi connectivity index (χ0v) is 16.6. The van der Waals surface area contributed by atoms with Gasteiger partial charge in [0.25, 0.3) is 0 Å². The van der Waals surface area contributed by atoms with Gasteiger partial charge in [-0.1, -0.05) is 17.7 Å². The summed E-state index contributed by atoms with van der Waals surface area (Å²) >= 11 is 6.22. The van der Waals surface area contributed by atoms with Gasteiger partial charge < -0.3 is 9.64 Å². The summed E-state index contributed by atoms with van der Waals surface area (Å²) in [5, 5.41) is 5.22. The van der Waals surface area contributed by atoms with E-state index in [1.54, 1.807) is 18.7 Å². The molecule has 0 aliphatic heterocycles. The van der Waals surface area contributed by atoms with E-state index < -0.39 is 5.97 Å². The van der Waals surface area contributed by atoms with Gasteiger partial charge >= 0.3 is 5.97 Å². The first-order chi connectivity index (χ1) is 12.2. The quantitative estimate of drug-likeness (QED) is 0.726. The SMILES string of the molecule is CCOC(=O)CN(C)C(=O)Cc1c(C)nn(-c2ccc(C)c(Cl)c2)c1C. The maximum Gasteiger partial charge on any atom is 0.325 e. The molecule has 140 valence electrons. The maximum absolute atomic E-state index is 12.5. The molecule has 0 N–H and O–H groups in total. The van der Waals surface area contributed by atoms with Crippen molar-refractivity contribution >= 4 is 23.5 Å². The van der Waals surface area contributed by atoms with Crippen molar-refractivity contribution in [2.24, 2.45) is 0 Å². The fourth-order valence-electron chi connectivity index (χ4n) is 2.67. The highest BCUT2D eigenvalue weighted by atomic mass is 35.5. The first kappa shape index (κ1) is 20.0. The van der Waals surface area contributed by atoms with Crippen LogP contribution in [0.3, 0.4) is 0 Å². The molecule has 1 aromatic carbocycles. The number of ether oxygens (including phenoxy) is 1. The summed E-state index contributed by atoms with van der Waals surface area (Å²) in [6, 6.07) is 5.74. The van der Waals surface area contributed by atoms with Crippen LogP contribution in [0.25, 0.3) is 5.69 Å². The van der Waals surface area contributed by atoms with Crippen molar-refractivity contribution in [2.45, 2.75) is 34.1 Å². The van der Waals surface area contributed by atoms with Crippen LogP contribution in [-0.2, 0) is 20.7 Å². The Balaban J connectivity index is 2.20. The minimum absolute atomic E-state index is 0.0630. The number of likely N-dealkylation sites (N-methyl/N-ethyl adjacent to an activating group) is 1. The third kappa shape index (κ3) is 4.43. The third-order valence-electron chi connectivity index (χ3n) is 4.27. The van der Waals surface area contributed by atoms with Crippen LogP contribution < -0.4 is 0 Å². The van der Waals surface area contributed by atoms with Gasteiger partial charge in [0.2, 0.25) is 5.91 Å². The van der Waals surface area contributed by atoms with Crippen molar-refractivity contribution in [3.05, 3.63) is 45.7 Å². The number of amides is 1. The number of carbonyl (C=O) groups is 2. The summed E-state index contributed by atoms with van der Waals surface area (Å²) < 4.78 is 6.67. The fraction of sp³-hybridized carbons (Fsp3) is 0.421. The highest BCUT2D eigenvalue weighted by molar-refractivity contribution is 6.31. The second kappa shape index (κ2) is 8.36. The summed E-state index contributed by atoms with van der Waals surface area (Å²) in [5.41, 5.74) is 4.34. The van der Waals surface area contributed by atoms with Crippen LogP contribution in [0.5, 0.6) is 0 Å². The smallest absolute Gasteiger partial charge is 0.325 e. The van der Waals surface area contributed by atoms with Gasteiger partial charge in [-0.15, -0.1) is 0 Å². The van der Waals surface area contributed by atoms with Gasteiger partial charge in [-0.05, 0) is 45.4 Å². The van der Waals surface area contributed by atoms with E-state index in [0.29, 0.717) is 11.6 Å². The molecule has 0 aliphatic carbocycles. The molecule has 0 atom stereocenters. The molecule has 0 aliphatic rings. The minimum atomic E-state index is -0.415. The Bertz CT molecular complexity index is 830. The Morgan fingerprint density at radius 2 is 1.96 bits per heavy atom. The molecule has 2 rings (SSSR count). The zero-order valence-electron chi connectivity index (χ0n) is 15.8. The average molecular weight is 378 g/mol. The lowest BCUT2D eigenvalue weighted by Gasteiger charge is -2.16. The number of aryl methyl sites for hydroxylation is 2. The van der Waals surface area contributed by atoms with Crippen LogP contribution in [0.1, 0.15) is 29.4 Å². The summed E-state index contributed by atoms with van der Waals surface area (Å²) in [6.45, 7) is 7.70. The molecular formula is C19H24ClN3O3. The number of nitrogens with zero attached hydrogens (tertiary/aromatic N) is 3. The van der Waals surface area contributed by atoms with E-state index in [1.807, 2.05) is 39.0 Å².